The van der Waals surface area contributed by atoms with Gasteiger partial charge in [-0.1, -0.05) is 31.4 Å². The van der Waals surface area contributed by atoms with E-state index >= 15 is 0 Å². The van der Waals surface area contributed by atoms with Crippen molar-refractivity contribution < 1.29 is 23.2 Å². The van der Waals surface area contributed by atoms with Crippen molar-refractivity contribution in [2.45, 2.75) is 51.4 Å². The molecule has 236 valence electrons. The highest BCUT2D eigenvalue weighted by molar-refractivity contribution is 7.92. The van der Waals surface area contributed by atoms with Crippen LogP contribution >= 0.6 is 0 Å². The molecule has 0 radical (unpaired) electrons. The number of nitrogens with zero attached hydrogens (tertiary/aromatic N) is 3. The minimum absolute atomic E-state index is 0.0285. The second kappa shape index (κ2) is 16.0. The third kappa shape index (κ3) is 10.5. The van der Waals surface area contributed by atoms with Crippen LogP contribution in [-0.4, -0.2) is 61.3 Å². The number of hydroxylamine groups is 1. The van der Waals surface area contributed by atoms with Gasteiger partial charge in [-0.3, -0.25) is 19.5 Å². The average molecular weight is 624 g/mol. The van der Waals surface area contributed by atoms with Gasteiger partial charge in [0.2, 0.25) is 27.8 Å². The summed E-state index contributed by atoms with van der Waals surface area (Å²) in [5.41, 5.74) is 5.62. The molecule has 0 atom stereocenters. The summed E-state index contributed by atoms with van der Waals surface area (Å²) in [6.45, 7) is 2.30. The van der Waals surface area contributed by atoms with Crippen molar-refractivity contribution in [2.75, 3.05) is 40.8 Å². The normalized spacial score (nSPS) is 13.7. The molecule has 0 saturated carbocycles. The Morgan fingerprint density at radius 3 is 2.25 bits per heavy atom. The molecule has 44 heavy (non-hydrogen) atoms. The van der Waals surface area contributed by atoms with Crippen molar-refractivity contribution in [3.05, 3.63) is 60.8 Å². The van der Waals surface area contributed by atoms with E-state index in [2.05, 4.69) is 42.4 Å². The molecule has 0 bridgehead atoms. The molecule has 0 unspecified atom stereocenters. The first kappa shape index (κ1) is 32.7. The molecule has 5 N–H and O–H groups in total. The number of anilines is 4. The second-order valence-electron chi connectivity index (χ2n) is 11.0. The number of carbonyl (C=O) groups is 2. The molecule has 1 aromatic heterocycles. The molecule has 2 amide bonds. The summed E-state index contributed by atoms with van der Waals surface area (Å²) in [7, 11) is -3.34. The maximum atomic E-state index is 12.6. The maximum Gasteiger partial charge on any atom is 0.243 e. The fraction of sp³-hybridized carbons (Fsp3) is 0.419. The number of unbranched alkanes of at least 4 members (excludes halogenated alkanes) is 4. The molecule has 2 heterocycles. The number of rotatable bonds is 15. The number of nitrogens with one attached hydrogen (secondary N) is 4. The van der Waals surface area contributed by atoms with Crippen molar-refractivity contribution >= 4 is 44.8 Å². The molecule has 3 aromatic rings. The fourth-order valence-electron chi connectivity index (χ4n) is 5.14. The Labute approximate surface area is 258 Å². The second-order valence-corrected chi connectivity index (χ2v) is 12.7. The Morgan fingerprint density at radius 1 is 0.909 bits per heavy atom. The highest BCUT2D eigenvalue weighted by Crippen LogP contribution is 2.26. The molecular formula is C31H41N7O5S. The largest absolute Gasteiger partial charge is 0.371 e. The van der Waals surface area contributed by atoms with Gasteiger partial charge in [0.05, 0.1) is 11.9 Å². The molecule has 1 saturated heterocycles. The monoisotopic (exact) mass is 623 g/mol. The van der Waals surface area contributed by atoms with Gasteiger partial charge in [0.25, 0.3) is 0 Å². The Morgan fingerprint density at radius 2 is 1.57 bits per heavy atom. The lowest BCUT2D eigenvalue weighted by atomic mass is 9.95. The predicted octanol–water partition coefficient (Wildman–Crippen LogP) is 4.44. The Balaban J connectivity index is 1.18. The van der Waals surface area contributed by atoms with Gasteiger partial charge in [0.15, 0.2) is 0 Å². The van der Waals surface area contributed by atoms with Gasteiger partial charge in [-0.15, -0.1) is 0 Å². The number of amides is 2. The lowest BCUT2D eigenvalue weighted by Crippen LogP contribution is -2.40. The van der Waals surface area contributed by atoms with Crippen molar-refractivity contribution in [1.29, 1.82) is 0 Å². The molecule has 1 aliphatic heterocycles. The number of hydrogen-bond donors (Lipinski definition) is 5. The van der Waals surface area contributed by atoms with Crippen LogP contribution in [0.5, 0.6) is 0 Å². The molecule has 0 aliphatic carbocycles. The molecule has 13 heteroatoms. The van der Waals surface area contributed by atoms with E-state index in [1.807, 2.05) is 12.1 Å². The molecule has 4 rings (SSSR count). The first-order valence-electron chi connectivity index (χ1n) is 14.9. The van der Waals surface area contributed by atoms with Crippen molar-refractivity contribution in [3.63, 3.8) is 0 Å². The van der Waals surface area contributed by atoms with Crippen LogP contribution in [-0.2, 0) is 19.6 Å². The van der Waals surface area contributed by atoms with Crippen molar-refractivity contribution in [2.24, 2.45) is 5.92 Å². The highest BCUT2D eigenvalue weighted by Gasteiger charge is 2.24. The molecule has 12 nitrogen and oxygen atoms in total. The summed E-state index contributed by atoms with van der Waals surface area (Å²) < 4.78 is 25.3. The van der Waals surface area contributed by atoms with Crippen LogP contribution in [0.1, 0.15) is 51.4 Å². The van der Waals surface area contributed by atoms with E-state index in [1.54, 1.807) is 42.0 Å². The number of benzene rings is 2. The van der Waals surface area contributed by atoms with E-state index < -0.39 is 10.0 Å². The summed E-state index contributed by atoms with van der Waals surface area (Å²) in [4.78, 5) is 34.9. The van der Waals surface area contributed by atoms with Crippen LogP contribution in [0.4, 0.5) is 23.0 Å². The van der Waals surface area contributed by atoms with Crippen LogP contribution in [0.15, 0.2) is 60.8 Å². The SMILES string of the molecule is CS(=O)(=O)Nc1ccc(-c2ccnc(Nc3ccc(N4CCC(C(=O)NCCCCCCCC(=O)NO)CC4)cc3)n2)cc1. The molecule has 1 fully saturated rings. The Kier molecular flexibility index (Phi) is 11.9. The standard InChI is InChI=1S/C31H41N7O5S/c1-44(42,43)37-26-10-8-23(9-11-26)28-16-20-33-31(35-28)34-25-12-14-27(15-13-25)38-21-17-24(18-22-38)30(40)32-19-6-4-2-3-5-7-29(39)36-41/h8-16,20,24,37,41H,2-7,17-19,21-22H2,1H3,(H,32,40)(H,36,39)(H,33,34,35). The van der Waals surface area contributed by atoms with Crippen LogP contribution < -0.4 is 25.7 Å². The zero-order valence-electron chi connectivity index (χ0n) is 25.0. The molecule has 0 spiro atoms. The number of hydrogen-bond acceptors (Lipinski definition) is 9. The first-order chi connectivity index (χ1) is 21.2. The maximum absolute atomic E-state index is 12.6. The minimum Gasteiger partial charge on any atom is -0.371 e. The van der Waals surface area contributed by atoms with Gasteiger partial charge in [-0.2, -0.15) is 0 Å². The summed E-state index contributed by atoms with van der Waals surface area (Å²) in [5, 5.41) is 14.8. The van der Waals surface area contributed by atoms with Gasteiger partial charge >= 0.3 is 0 Å². The quantitative estimate of drug-likeness (QED) is 0.0935. The lowest BCUT2D eigenvalue weighted by molar-refractivity contribution is -0.129. The Bertz CT molecular complexity index is 1480. The van der Waals surface area contributed by atoms with Crippen LogP contribution in [0.2, 0.25) is 0 Å². The van der Waals surface area contributed by atoms with Gasteiger partial charge in [-0.05, 0) is 68.1 Å². The number of carbonyl (C=O) groups excluding carboxylic acids is 2. The molecule has 1 aliphatic rings. The third-order valence-electron chi connectivity index (χ3n) is 7.50. The highest BCUT2D eigenvalue weighted by atomic mass is 32.2. The smallest absolute Gasteiger partial charge is 0.243 e. The first-order valence-corrected chi connectivity index (χ1v) is 16.8. The van der Waals surface area contributed by atoms with Crippen molar-refractivity contribution in [3.8, 4) is 11.3 Å². The zero-order chi connectivity index (χ0) is 31.4. The van der Waals surface area contributed by atoms with Crippen LogP contribution in [0, 0.1) is 5.92 Å². The number of piperidine rings is 1. The zero-order valence-corrected chi connectivity index (χ0v) is 25.8. The van der Waals surface area contributed by atoms with Crippen molar-refractivity contribution in [1.82, 2.24) is 20.8 Å². The molecule has 2 aromatic carbocycles. The summed E-state index contributed by atoms with van der Waals surface area (Å²) >= 11 is 0. The average Bonchev–Trinajstić information content (AvgIpc) is 3.02. The van der Waals surface area contributed by atoms with Crippen LogP contribution in [0.3, 0.4) is 0 Å². The molecular weight excluding hydrogens is 582 g/mol. The number of sulfonamides is 1. The van der Waals surface area contributed by atoms with E-state index in [0.717, 1.165) is 81.2 Å². The van der Waals surface area contributed by atoms with Gasteiger partial charge in [-0.25, -0.2) is 23.9 Å². The van der Waals surface area contributed by atoms with Gasteiger partial charge in [0.1, 0.15) is 0 Å². The Hall–Kier alpha value is -4.23. The minimum atomic E-state index is -3.34. The van der Waals surface area contributed by atoms with E-state index in [9.17, 15) is 18.0 Å². The van der Waals surface area contributed by atoms with E-state index in [4.69, 9.17) is 5.21 Å². The fourth-order valence-corrected chi connectivity index (χ4v) is 5.70. The van der Waals surface area contributed by atoms with E-state index in [-0.39, 0.29) is 17.7 Å². The summed E-state index contributed by atoms with van der Waals surface area (Å²) in [6, 6.07) is 16.9. The van der Waals surface area contributed by atoms with E-state index in [0.29, 0.717) is 30.3 Å². The summed E-state index contributed by atoms with van der Waals surface area (Å²) in [5.74, 6) is 0.264. The predicted molar refractivity (Wildman–Crippen MR) is 171 cm³/mol. The van der Waals surface area contributed by atoms with Gasteiger partial charge in [0, 0.05) is 60.8 Å². The third-order valence-corrected chi connectivity index (χ3v) is 8.10. The van der Waals surface area contributed by atoms with Crippen LogP contribution in [0.25, 0.3) is 11.3 Å². The number of aromatic nitrogens is 2. The van der Waals surface area contributed by atoms with E-state index in [1.165, 1.54) is 0 Å². The lowest BCUT2D eigenvalue weighted by Gasteiger charge is -2.33. The summed E-state index contributed by atoms with van der Waals surface area (Å²) in [6.07, 6.45) is 9.36. The van der Waals surface area contributed by atoms with Gasteiger partial charge < -0.3 is 15.5 Å². The topological polar surface area (TPSA) is 166 Å².